The fourth-order valence-electron chi connectivity index (χ4n) is 2.47. The SMILES string of the molecule is CCc1ccc(-c2ccc(O)cc2CCC[Si](Cl)(Cl)Cl)cc1. The Morgan fingerprint density at radius 3 is 2.27 bits per heavy atom. The molecule has 0 radical (unpaired) electrons. The van der Waals surface area contributed by atoms with Gasteiger partial charge in [0.2, 0.25) is 0 Å². The van der Waals surface area contributed by atoms with Gasteiger partial charge in [-0.15, -0.1) is 33.2 Å². The first-order valence-electron chi connectivity index (χ1n) is 7.37. The maximum Gasteiger partial charge on any atom is 0.341 e. The number of hydrogen-bond donors (Lipinski definition) is 1. The first-order valence-corrected chi connectivity index (χ1v) is 12.6. The van der Waals surface area contributed by atoms with E-state index in [1.807, 2.05) is 12.1 Å². The van der Waals surface area contributed by atoms with Crippen LogP contribution in [0.25, 0.3) is 11.1 Å². The average molecular weight is 374 g/mol. The van der Waals surface area contributed by atoms with Crippen molar-refractivity contribution in [3.05, 3.63) is 53.6 Å². The third kappa shape index (κ3) is 5.20. The number of aromatic hydroxyl groups is 1. The lowest BCUT2D eigenvalue weighted by Crippen LogP contribution is -2.08. The van der Waals surface area contributed by atoms with Crippen LogP contribution in [0.2, 0.25) is 6.04 Å². The van der Waals surface area contributed by atoms with Crippen LogP contribution in [0.5, 0.6) is 5.75 Å². The lowest BCUT2D eigenvalue weighted by Gasteiger charge is -2.12. The molecule has 0 aliphatic heterocycles. The molecule has 0 saturated heterocycles. The normalized spacial score (nSPS) is 11.6. The molecular formula is C17H19Cl3OSi. The molecule has 2 aromatic rings. The second-order valence-corrected chi connectivity index (χ2v) is 14.6. The van der Waals surface area contributed by atoms with Crippen molar-refractivity contribution >= 4 is 39.2 Å². The molecule has 0 spiro atoms. The molecule has 5 heteroatoms. The first kappa shape index (κ1) is 17.7. The van der Waals surface area contributed by atoms with E-state index in [4.69, 9.17) is 33.2 Å². The number of phenols is 1. The van der Waals surface area contributed by atoms with Crippen LogP contribution in [0.15, 0.2) is 42.5 Å². The lowest BCUT2D eigenvalue weighted by molar-refractivity contribution is 0.474. The molecular weight excluding hydrogens is 355 g/mol. The summed E-state index contributed by atoms with van der Waals surface area (Å²) < 4.78 is 0. The van der Waals surface area contributed by atoms with Crippen molar-refractivity contribution in [2.75, 3.05) is 0 Å². The topological polar surface area (TPSA) is 20.2 Å². The number of rotatable bonds is 6. The fourth-order valence-corrected chi connectivity index (χ4v) is 4.25. The van der Waals surface area contributed by atoms with Crippen LogP contribution >= 0.6 is 33.2 Å². The summed E-state index contributed by atoms with van der Waals surface area (Å²) in [6.45, 7) is 2.14. The van der Waals surface area contributed by atoms with E-state index < -0.39 is 6.00 Å². The van der Waals surface area contributed by atoms with Gasteiger partial charge in [-0.2, -0.15) is 0 Å². The monoisotopic (exact) mass is 372 g/mol. The second-order valence-electron chi connectivity index (χ2n) is 5.36. The third-order valence-corrected chi connectivity index (χ3v) is 6.29. The van der Waals surface area contributed by atoms with Crippen molar-refractivity contribution in [3.63, 3.8) is 0 Å². The Labute approximate surface area is 147 Å². The minimum atomic E-state index is -2.58. The Morgan fingerprint density at radius 1 is 1.00 bits per heavy atom. The van der Waals surface area contributed by atoms with Crippen LogP contribution in [-0.2, 0) is 12.8 Å². The van der Waals surface area contributed by atoms with Gasteiger partial charge in [-0.3, -0.25) is 0 Å². The van der Waals surface area contributed by atoms with Gasteiger partial charge in [0, 0.05) is 0 Å². The zero-order valence-electron chi connectivity index (χ0n) is 12.5. The summed E-state index contributed by atoms with van der Waals surface area (Å²) in [5.41, 5.74) is 4.68. The predicted octanol–water partition coefficient (Wildman–Crippen LogP) is 6.21. The number of halogens is 3. The van der Waals surface area contributed by atoms with Crippen molar-refractivity contribution in [1.29, 1.82) is 0 Å². The fraction of sp³-hybridized carbons (Fsp3) is 0.294. The molecule has 0 fully saturated rings. The van der Waals surface area contributed by atoms with Gasteiger partial charge >= 0.3 is 6.00 Å². The molecule has 1 nitrogen and oxygen atoms in total. The van der Waals surface area contributed by atoms with E-state index in [-0.39, 0.29) is 5.75 Å². The van der Waals surface area contributed by atoms with Gasteiger partial charge in [0.1, 0.15) is 5.75 Å². The van der Waals surface area contributed by atoms with Gasteiger partial charge in [-0.05, 0) is 59.7 Å². The van der Waals surface area contributed by atoms with Gasteiger partial charge < -0.3 is 5.11 Å². The summed E-state index contributed by atoms with van der Waals surface area (Å²) in [5, 5.41) is 9.76. The summed E-state index contributed by atoms with van der Waals surface area (Å²) in [7, 11) is 0. The molecule has 0 aromatic heterocycles. The minimum absolute atomic E-state index is 0.273. The van der Waals surface area contributed by atoms with Gasteiger partial charge in [0.05, 0.1) is 0 Å². The quantitative estimate of drug-likeness (QED) is 0.471. The molecule has 0 amide bonds. The molecule has 22 heavy (non-hydrogen) atoms. The molecule has 0 heterocycles. The minimum Gasteiger partial charge on any atom is -0.508 e. The molecule has 0 unspecified atom stereocenters. The maximum atomic E-state index is 9.76. The van der Waals surface area contributed by atoms with E-state index in [2.05, 4.69) is 31.2 Å². The van der Waals surface area contributed by atoms with E-state index in [1.165, 1.54) is 5.56 Å². The molecule has 118 valence electrons. The molecule has 0 bridgehead atoms. The van der Waals surface area contributed by atoms with E-state index in [0.29, 0.717) is 6.04 Å². The van der Waals surface area contributed by atoms with E-state index >= 15 is 0 Å². The van der Waals surface area contributed by atoms with Gasteiger partial charge in [-0.25, -0.2) is 0 Å². The zero-order chi connectivity index (χ0) is 16.2. The van der Waals surface area contributed by atoms with E-state index in [1.54, 1.807) is 6.07 Å². The van der Waals surface area contributed by atoms with E-state index in [0.717, 1.165) is 36.0 Å². The number of aryl methyl sites for hydroxylation is 2. The standard InChI is InChI=1S/C17H19Cl3OSi/c1-2-13-5-7-14(8-6-13)17-10-9-16(21)12-15(17)4-3-11-22(18,19)20/h5-10,12,21H,2-4,11H2,1H3. The van der Waals surface area contributed by atoms with Crippen LogP contribution in [-0.4, -0.2) is 11.1 Å². The van der Waals surface area contributed by atoms with Crippen molar-refractivity contribution in [1.82, 2.24) is 0 Å². The van der Waals surface area contributed by atoms with Crippen molar-refractivity contribution in [3.8, 4) is 16.9 Å². The molecule has 2 rings (SSSR count). The third-order valence-electron chi connectivity index (χ3n) is 3.67. The van der Waals surface area contributed by atoms with Crippen LogP contribution in [0.4, 0.5) is 0 Å². The Kier molecular flexibility index (Phi) is 6.22. The van der Waals surface area contributed by atoms with Gasteiger partial charge in [0.15, 0.2) is 0 Å². The molecule has 0 atom stereocenters. The zero-order valence-corrected chi connectivity index (χ0v) is 15.7. The smallest absolute Gasteiger partial charge is 0.341 e. The lowest BCUT2D eigenvalue weighted by atomic mass is 9.95. The highest BCUT2D eigenvalue weighted by atomic mass is 35.8. The summed E-state index contributed by atoms with van der Waals surface area (Å²) in [6, 6.07) is 12.1. The van der Waals surface area contributed by atoms with Gasteiger partial charge in [-0.1, -0.05) is 37.3 Å². The average Bonchev–Trinajstić information content (AvgIpc) is 2.46. The van der Waals surface area contributed by atoms with Crippen LogP contribution in [0, 0.1) is 0 Å². The summed E-state index contributed by atoms with van der Waals surface area (Å²) in [4.78, 5) is 0. The molecule has 0 saturated carbocycles. The molecule has 2 aromatic carbocycles. The van der Waals surface area contributed by atoms with Gasteiger partial charge in [0.25, 0.3) is 0 Å². The van der Waals surface area contributed by atoms with Crippen molar-refractivity contribution in [2.24, 2.45) is 0 Å². The number of hydrogen-bond acceptors (Lipinski definition) is 1. The highest BCUT2D eigenvalue weighted by Gasteiger charge is 2.24. The summed E-state index contributed by atoms with van der Waals surface area (Å²) in [6.07, 6.45) is 2.63. The predicted molar refractivity (Wildman–Crippen MR) is 99.4 cm³/mol. The summed E-state index contributed by atoms with van der Waals surface area (Å²) in [5.74, 6) is 0.273. The Morgan fingerprint density at radius 2 is 1.68 bits per heavy atom. The largest absolute Gasteiger partial charge is 0.508 e. The number of benzene rings is 2. The maximum absolute atomic E-state index is 9.76. The molecule has 1 N–H and O–H groups in total. The highest BCUT2D eigenvalue weighted by molar-refractivity contribution is 7.64. The van der Waals surface area contributed by atoms with Crippen molar-refractivity contribution < 1.29 is 5.11 Å². The first-order chi connectivity index (χ1) is 10.4. The Bertz CT molecular complexity index is 621. The molecule has 0 aliphatic carbocycles. The Hall–Kier alpha value is -0.673. The van der Waals surface area contributed by atoms with E-state index in [9.17, 15) is 5.11 Å². The Balaban J connectivity index is 2.23. The van der Waals surface area contributed by atoms with Crippen LogP contribution < -0.4 is 0 Å². The highest BCUT2D eigenvalue weighted by Crippen LogP contribution is 2.31. The summed E-state index contributed by atoms with van der Waals surface area (Å²) >= 11 is 17.8. The van der Waals surface area contributed by atoms with Crippen molar-refractivity contribution in [2.45, 2.75) is 32.2 Å². The van der Waals surface area contributed by atoms with Crippen LogP contribution in [0.1, 0.15) is 24.5 Å². The molecule has 0 aliphatic rings. The number of phenolic OH excluding ortho intramolecular Hbond substituents is 1. The van der Waals surface area contributed by atoms with Crippen LogP contribution in [0.3, 0.4) is 0 Å². The second kappa shape index (κ2) is 7.74.